The number of hydrogen-bond acceptors (Lipinski definition) is 2. The molecule has 1 fully saturated rings. The van der Waals surface area contributed by atoms with Crippen LogP contribution in [0.25, 0.3) is 0 Å². The molecule has 0 saturated heterocycles. The van der Waals surface area contributed by atoms with Crippen molar-refractivity contribution in [2.24, 2.45) is 5.92 Å². The largest absolute Gasteiger partial charge is 0.282 e. The second kappa shape index (κ2) is 6.22. The van der Waals surface area contributed by atoms with Crippen LogP contribution in [0.3, 0.4) is 0 Å². The van der Waals surface area contributed by atoms with Crippen LogP contribution in [0.5, 0.6) is 0 Å². The zero-order valence-electron chi connectivity index (χ0n) is 10.5. The molecule has 0 spiro atoms. The Bertz CT molecular complexity index is 542. The average molecular weight is 350 g/mol. The first kappa shape index (κ1) is 14.8. The first-order chi connectivity index (χ1) is 8.96. The Balaban J connectivity index is 2.05. The smallest absolute Gasteiger partial charge is 0.233 e. The molecule has 0 heterocycles. The first-order valence-corrected chi connectivity index (χ1v) is 8.86. The molecule has 0 atom stereocenters. The highest BCUT2D eigenvalue weighted by Gasteiger charge is 2.22. The lowest BCUT2D eigenvalue weighted by molar-refractivity contribution is 0.385. The van der Waals surface area contributed by atoms with Crippen molar-refractivity contribution in [2.45, 2.75) is 32.1 Å². The number of sulfonamides is 1. The summed E-state index contributed by atoms with van der Waals surface area (Å²) in [4.78, 5) is 0. The van der Waals surface area contributed by atoms with Crippen LogP contribution in [0.4, 0.5) is 10.1 Å². The van der Waals surface area contributed by atoms with Crippen LogP contribution in [-0.4, -0.2) is 14.2 Å². The summed E-state index contributed by atoms with van der Waals surface area (Å²) < 4.78 is 40.3. The van der Waals surface area contributed by atoms with E-state index in [2.05, 4.69) is 20.7 Å². The standard InChI is InChI=1S/C13H17BrFNO2S/c14-12-7-6-11(15)8-13(12)16-19(17,18)9-10-4-2-1-3-5-10/h6-8,10,16H,1-5,9H2. The van der Waals surface area contributed by atoms with Crippen molar-refractivity contribution in [1.29, 1.82) is 0 Å². The summed E-state index contributed by atoms with van der Waals surface area (Å²) in [7, 11) is -3.42. The van der Waals surface area contributed by atoms with Crippen molar-refractivity contribution >= 4 is 31.6 Å². The molecule has 6 heteroatoms. The van der Waals surface area contributed by atoms with Gasteiger partial charge >= 0.3 is 0 Å². The molecule has 0 amide bonds. The fraction of sp³-hybridized carbons (Fsp3) is 0.538. The molecule has 106 valence electrons. The molecule has 19 heavy (non-hydrogen) atoms. The predicted molar refractivity (Wildman–Crippen MR) is 78.1 cm³/mol. The van der Waals surface area contributed by atoms with Gasteiger partial charge < -0.3 is 0 Å². The minimum atomic E-state index is -3.42. The van der Waals surface area contributed by atoms with E-state index in [0.717, 1.165) is 25.7 Å². The van der Waals surface area contributed by atoms with E-state index < -0.39 is 15.8 Å². The Morgan fingerprint density at radius 3 is 2.63 bits per heavy atom. The van der Waals surface area contributed by atoms with E-state index >= 15 is 0 Å². The lowest BCUT2D eigenvalue weighted by Crippen LogP contribution is -2.24. The normalized spacial score (nSPS) is 17.4. The monoisotopic (exact) mass is 349 g/mol. The molecule has 0 aromatic heterocycles. The third-order valence-electron chi connectivity index (χ3n) is 3.37. The Morgan fingerprint density at radius 1 is 1.26 bits per heavy atom. The summed E-state index contributed by atoms with van der Waals surface area (Å²) in [6.07, 6.45) is 5.32. The molecule has 3 nitrogen and oxygen atoms in total. The second-order valence-electron chi connectivity index (χ2n) is 5.01. The number of rotatable bonds is 4. The maximum absolute atomic E-state index is 13.1. The fourth-order valence-electron chi connectivity index (χ4n) is 2.45. The number of hydrogen-bond donors (Lipinski definition) is 1. The van der Waals surface area contributed by atoms with Crippen LogP contribution in [-0.2, 0) is 10.0 Å². The maximum atomic E-state index is 13.1. The summed E-state index contributed by atoms with van der Waals surface area (Å²) in [6, 6.07) is 3.96. The molecule has 1 aliphatic carbocycles. The molecule has 0 bridgehead atoms. The Morgan fingerprint density at radius 2 is 1.95 bits per heavy atom. The zero-order valence-corrected chi connectivity index (χ0v) is 12.9. The lowest BCUT2D eigenvalue weighted by atomic mass is 9.91. The molecular formula is C13H17BrFNO2S. The maximum Gasteiger partial charge on any atom is 0.233 e. The fourth-order valence-corrected chi connectivity index (χ4v) is 4.47. The van der Waals surface area contributed by atoms with E-state index in [9.17, 15) is 12.8 Å². The summed E-state index contributed by atoms with van der Waals surface area (Å²) in [5.74, 6) is -0.118. The molecule has 0 radical (unpaired) electrons. The highest BCUT2D eigenvalue weighted by molar-refractivity contribution is 9.10. The number of benzene rings is 1. The van der Waals surface area contributed by atoms with Crippen molar-refractivity contribution in [1.82, 2.24) is 0 Å². The van der Waals surface area contributed by atoms with E-state index in [4.69, 9.17) is 0 Å². The summed E-state index contributed by atoms with van der Waals surface area (Å²) in [6.45, 7) is 0. The van der Waals surface area contributed by atoms with Crippen molar-refractivity contribution in [2.75, 3.05) is 10.5 Å². The average Bonchev–Trinajstić information content (AvgIpc) is 2.34. The summed E-state index contributed by atoms with van der Waals surface area (Å²) >= 11 is 3.21. The topological polar surface area (TPSA) is 46.2 Å². The van der Waals surface area contributed by atoms with Crippen molar-refractivity contribution in [3.63, 3.8) is 0 Å². The minimum absolute atomic E-state index is 0.121. The van der Waals surface area contributed by atoms with Gasteiger partial charge in [-0.2, -0.15) is 0 Å². The van der Waals surface area contributed by atoms with Crippen molar-refractivity contribution in [3.8, 4) is 0 Å². The molecule has 0 aliphatic heterocycles. The molecule has 1 aliphatic rings. The van der Waals surface area contributed by atoms with Gasteiger partial charge in [0, 0.05) is 4.47 Å². The zero-order chi connectivity index (χ0) is 13.9. The Labute approximate surface area is 121 Å². The van der Waals surface area contributed by atoms with Crippen LogP contribution >= 0.6 is 15.9 Å². The van der Waals surface area contributed by atoms with Crippen LogP contribution in [0.15, 0.2) is 22.7 Å². The molecule has 1 N–H and O–H groups in total. The molecule has 1 saturated carbocycles. The Kier molecular flexibility index (Phi) is 4.84. The predicted octanol–water partition coefficient (Wildman–Crippen LogP) is 3.91. The van der Waals surface area contributed by atoms with Crippen LogP contribution in [0.1, 0.15) is 32.1 Å². The van der Waals surface area contributed by atoms with E-state index in [1.54, 1.807) is 0 Å². The van der Waals surface area contributed by atoms with E-state index in [-0.39, 0.29) is 17.4 Å². The van der Waals surface area contributed by atoms with Gasteiger partial charge in [-0.1, -0.05) is 19.3 Å². The van der Waals surface area contributed by atoms with E-state index in [1.807, 2.05) is 0 Å². The quantitative estimate of drug-likeness (QED) is 0.895. The minimum Gasteiger partial charge on any atom is -0.282 e. The van der Waals surface area contributed by atoms with Crippen LogP contribution < -0.4 is 4.72 Å². The van der Waals surface area contributed by atoms with Gasteiger partial charge in [0.1, 0.15) is 5.82 Å². The Hall–Kier alpha value is -0.620. The van der Waals surface area contributed by atoms with Crippen LogP contribution in [0, 0.1) is 11.7 Å². The SMILES string of the molecule is O=S(=O)(CC1CCCCC1)Nc1cc(F)ccc1Br. The molecule has 1 aromatic rings. The van der Waals surface area contributed by atoms with Crippen molar-refractivity contribution < 1.29 is 12.8 Å². The molecule has 0 unspecified atom stereocenters. The van der Waals surface area contributed by atoms with Gasteiger partial charge in [0.2, 0.25) is 10.0 Å². The van der Waals surface area contributed by atoms with Crippen LogP contribution in [0.2, 0.25) is 0 Å². The third kappa shape index (κ3) is 4.45. The highest BCUT2D eigenvalue weighted by atomic mass is 79.9. The van der Waals surface area contributed by atoms with Gasteiger partial charge in [-0.25, -0.2) is 12.8 Å². The van der Waals surface area contributed by atoms with Gasteiger partial charge in [0.25, 0.3) is 0 Å². The second-order valence-corrected chi connectivity index (χ2v) is 7.63. The van der Waals surface area contributed by atoms with Gasteiger partial charge in [0.15, 0.2) is 0 Å². The molecule has 1 aromatic carbocycles. The van der Waals surface area contributed by atoms with Gasteiger partial charge in [-0.3, -0.25) is 4.72 Å². The lowest BCUT2D eigenvalue weighted by Gasteiger charge is -2.21. The van der Waals surface area contributed by atoms with Gasteiger partial charge in [-0.15, -0.1) is 0 Å². The molecular weight excluding hydrogens is 333 g/mol. The number of anilines is 1. The summed E-state index contributed by atoms with van der Waals surface area (Å²) in [5, 5.41) is 0. The van der Waals surface area contributed by atoms with Crippen molar-refractivity contribution in [3.05, 3.63) is 28.5 Å². The van der Waals surface area contributed by atoms with E-state index in [1.165, 1.54) is 24.6 Å². The summed E-state index contributed by atoms with van der Waals surface area (Å²) in [5.41, 5.74) is 0.260. The third-order valence-corrected chi connectivity index (χ3v) is 5.51. The van der Waals surface area contributed by atoms with E-state index in [0.29, 0.717) is 4.47 Å². The molecule has 2 rings (SSSR count). The van der Waals surface area contributed by atoms with Gasteiger partial charge in [0.05, 0.1) is 11.4 Å². The van der Waals surface area contributed by atoms with Gasteiger partial charge in [-0.05, 0) is 52.9 Å². The number of nitrogens with one attached hydrogen (secondary N) is 1. The first-order valence-electron chi connectivity index (χ1n) is 6.42. The number of halogens is 2. The highest BCUT2D eigenvalue weighted by Crippen LogP contribution is 2.27.